The molecule has 2 aromatic rings. The summed E-state index contributed by atoms with van der Waals surface area (Å²) in [5.41, 5.74) is 1.46. The molecule has 1 unspecified atom stereocenters. The smallest absolute Gasteiger partial charge is 0.309 e. The van der Waals surface area contributed by atoms with Gasteiger partial charge in [-0.3, -0.25) is 4.79 Å². The second-order valence-electron chi connectivity index (χ2n) is 9.13. The molecule has 36 heavy (non-hydrogen) atoms. The standard InChI is InChI=1S/C27H33Cl2NO4S2/c1-4-6-7-8-9-23-26(35-16-5-2)24(27(31)32)25(19-12-15-21(28)22(29)17-19)30(23)36(33,34)20-13-10-18(3)11-14-20/h5,10-15,17,23-26H,2,4,6-9,16H2,1,3H3,(H,31,32)/t23-,24+,25?,26-/m1/s1. The van der Waals surface area contributed by atoms with Crippen LogP contribution in [-0.4, -0.2) is 40.8 Å². The van der Waals surface area contributed by atoms with Crippen molar-refractivity contribution in [2.75, 3.05) is 5.75 Å². The first-order chi connectivity index (χ1) is 17.1. The van der Waals surface area contributed by atoms with Crippen LogP contribution in [0.3, 0.4) is 0 Å². The first-order valence-corrected chi connectivity index (χ1v) is 15.4. The molecular formula is C27H33Cl2NO4S2. The maximum Gasteiger partial charge on any atom is 0.309 e. The third-order valence-electron chi connectivity index (χ3n) is 6.60. The molecule has 1 aliphatic heterocycles. The first kappa shape index (κ1) is 29.1. The van der Waals surface area contributed by atoms with Gasteiger partial charge in [0, 0.05) is 17.0 Å². The van der Waals surface area contributed by atoms with Gasteiger partial charge < -0.3 is 5.11 Å². The molecule has 2 aromatic carbocycles. The number of hydrogen-bond donors (Lipinski definition) is 1. The summed E-state index contributed by atoms with van der Waals surface area (Å²) < 4.78 is 29.9. The maximum atomic E-state index is 14.2. The van der Waals surface area contributed by atoms with Gasteiger partial charge in [-0.1, -0.05) is 85.6 Å². The topological polar surface area (TPSA) is 74.7 Å². The molecule has 9 heteroatoms. The Morgan fingerprint density at radius 3 is 2.39 bits per heavy atom. The number of aryl methyl sites for hydroxylation is 1. The Morgan fingerprint density at radius 1 is 1.11 bits per heavy atom. The fourth-order valence-corrected chi connectivity index (χ4v) is 8.45. The van der Waals surface area contributed by atoms with Gasteiger partial charge in [-0.05, 0) is 43.2 Å². The highest BCUT2D eigenvalue weighted by Gasteiger charge is 2.57. The number of nitrogens with zero attached hydrogens (tertiary/aromatic N) is 1. The third-order valence-corrected chi connectivity index (χ3v) is 10.7. The summed E-state index contributed by atoms with van der Waals surface area (Å²) in [6, 6.07) is 10.1. The molecule has 0 amide bonds. The number of sulfonamides is 1. The van der Waals surface area contributed by atoms with Gasteiger partial charge in [-0.2, -0.15) is 16.1 Å². The van der Waals surface area contributed by atoms with Crippen LogP contribution < -0.4 is 0 Å². The minimum Gasteiger partial charge on any atom is -0.481 e. The number of unbranched alkanes of at least 4 members (excludes halogenated alkanes) is 3. The third kappa shape index (κ3) is 6.30. The summed E-state index contributed by atoms with van der Waals surface area (Å²) in [4.78, 5) is 12.9. The molecule has 5 nitrogen and oxygen atoms in total. The molecule has 1 N–H and O–H groups in total. The SMILES string of the molecule is C=CCS[C@@H]1[C@@H](CCCCCC)N(S(=O)(=O)c2ccc(C)cc2)C(c2ccc(Cl)c(Cl)c2)[C@@H]1C(=O)O. The molecule has 1 fully saturated rings. The lowest BCUT2D eigenvalue weighted by molar-refractivity contribution is -0.142. The van der Waals surface area contributed by atoms with E-state index in [9.17, 15) is 18.3 Å². The van der Waals surface area contributed by atoms with Crippen LogP contribution in [0.4, 0.5) is 0 Å². The van der Waals surface area contributed by atoms with Crippen molar-refractivity contribution in [1.82, 2.24) is 4.31 Å². The van der Waals surface area contributed by atoms with E-state index in [1.165, 1.54) is 16.1 Å². The molecule has 3 rings (SSSR count). The molecule has 0 radical (unpaired) electrons. The number of benzene rings is 2. The average Bonchev–Trinajstić information content (AvgIpc) is 3.17. The highest BCUT2D eigenvalue weighted by molar-refractivity contribution is 8.00. The van der Waals surface area contributed by atoms with Crippen molar-refractivity contribution in [3.63, 3.8) is 0 Å². The van der Waals surface area contributed by atoms with Gasteiger partial charge in [0.2, 0.25) is 10.0 Å². The lowest BCUT2D eigenvalue weighted by atomic mass is 9.92. The van der Waals surface area contributed by atoms with E-state index in [0.29, 0.717) is 22.8 Å². The summed E-state index contributed by atoms with van der Waals surface area (Å²) in [5.74, 6) is -1.48. The van der Waals surface area contributed by atoms with Crippen molar-refractivity contribution in [1.29, 1.82) is 0 Å². The minimum atomic E-state index is -4.04. The Bertz CT molecular complexity index is 1170. The van der Waals surface area contributed by atoms with E-state index in [4.69, 9.17) is 23.2 Å². The Kier molecular flexibility index (Phi) is 10.4. The largest absolute Gasteiger partial charge is 0.481 e. The van der Waals surface area contributed by atoms with Gasteiger partial charge in [0.25, 0.3) is 0 Å². The van der Waals surface area contributed by atoms with Crippen molar-refractivity contribution in [3.8, 4) is 0 Å². The van der Waals surface area contributed by atoms with Gasteiger partial charge in [-0.15, -0.1) is 6.58 Å². The fourth-order valence-electron chi connectivity index (χ4n) is 4.88. The molecule has 4 atom stereocenters. The van der Waals surface area contributed by atoms with Crippen LogP contribution in [0.15, 0.2) is 60.0 Å². The Labute approximate surface area is 228 Å². The number of rotatable bonds is 12. The van der Waals surface area contributed by atoms with Crippen LogP contribution in [0.25, 0.3) is 0 Å². The molecule has 0 saturated carbocycles. The van der Waals surface area contributed by atoms with Crippen LogP contribution in [-0.2, 0) is 14.8 Å². The number of carbonyl (C=O) groups is 1. The predicted octanol–water partition coefficient (Wildman–Crippen LogP) is 7.38. The molecule has 0 bridgehead atoms. The number of carboxylic acid groups (broad SMARTS) is 1. The number of hydrogen-bond acceptors (Lipinski definition) is 4. The highest BCUT2D eigenvalue weighted by Crippen LogP contribution is 2.51. The highest BCUT2D eigenvalue weighted by atomic mass is 35.5. The van der Waals surface area contributed by atoms with E-state index < -0.39 is 39.2 Å². The van der Waals surface area contributed by atoms with Crippen LogP contribution in [0.1, 0.15) is 56.2 Å². The second kappa shape index (κ2) is 12.8. The molecule has 196 valence electrons. The van der Waals surface area contributed by atoms with Crippen molar-refractivity contribution >= 4 is 51.0 Å². The van der Waals surface area contributed by atoms with Crippen LogP contribution in [0.5, 0.6) is 0 Å². The first-order valence-electron chi connectivity index (χ1n) is 12.1. The second-order valence-corrected chi connectivity index (χ2v) is 13.0. The van der Waals surface area contributed by atoms with Crippen molar-refractivity contribution in [3.05, 3.63) is 76.3 Å². The lowest BCUT2D eigenvalue weighted by Gasteiger charge is -2.31. The summed E-state index contributed by atoms with van der Waals surface area (Å²) in [7, 11) is -4.04. The monoisotopic (exact) mass is 569 g/mol. The van der Waals surface area contributed by atoms with Gasteiger partial charge in [0.15, 0.2) is 0 Å². The van der Waals surface area contributed by atoms with E-state index in [2.05, 4.69) is 13.5 Å². The van der Waals surface area contributed by atoms with E-state index in [1.807, 2.05) is 6.92 Å². The number of thioether (sulfide) groups is 1. The van der Waals surface area contributed by atoms with E-state index in [-0.39, 0.29) is 9.92 Å². The maximum absolute atomic E-state index is 14.2. The van der Waals surface area contributed by atoms with E-state index in [1.54, 1.807) is 48.5 Å². The van der Waals surface area contributed by atoms with Crippen LogP contribution >= 0.6 is 35.0 Å². The molecule has 1 heterocycles. The van der Waals surface area contributed by atoms with Crippen molar-refractivity contribution in [2.24, 2.45) is 5.92 Å². The fraction of sp³-hybridized carbons (Fsp3) is 0.444. The van der Waals surface area contributed by atoms with Crippen molar-refractivity contribution in [2.45, 2.75) is 68.2 Å². The minimum absolute atomic E-state index is 0.148. The van der Waals surface area contributed by atoms with Gasteiger partial charge >= 0.3 is 5.97 Å². The number of aliphatic carboxylic acids is 1. The Balaban J connectivity index is 2.21. The number of halogens is 2. The van der Waals surface area contributed by atoms with Gasteiger partial charge in [-0.25, -0.2) is 8.42 Å². The lowest BCUT2D eigenvalue weighted by Crippen LogP contribution is -2.40. The normalized spacial score (nSPS) is 22.6. The summed E-state index contributed by atoms with van der Waals surface area (Å²) in [6.45, 7) is 7.80. The molecule has 0 spiro atoms. The van der Waals surface area contributed by atoms with Crippen molar-refractivity contribution < 1.29 is 18.3 Å². The van der Waals surface area contributed by atoms with Crippen LogP contribution in [0, 0.1) is 12.8 Å². The predicted molar refractivity (Wildman–Crippen MR) is 150 cm³/mol. The number of carboxylic acids is 1. The van der Waals surface area contributed by atoms with Gasteiger partial charge in [0.05, 0.1) is 26.9 Å². The summed E-state index contributed by atoms with van der Waals surface area (Å²) in [5, 5.41) is 10.6. The average molecular weight is 571 g/mol. The Hall–Kier alpha value is -1.51. The molecule has 1 aliphatic rings. The summed E-state index contributed by atoms with van der Waals surface area (Å²) in [6.07, 6.45) is 6.16. The van der Waals surface area contributed by atoms with E-state index >= 15 is 0 Å². The zero-order valence-electron chi connectivity index (χ0n) is 20.6. The van der Waals surface area contributed by atoms with E-state index in [0.717, 1.165) is 31.2 Å². The molecule has 1 saturated heterocycles. The van der Waals surface area contributed by atoms with Gasteiger partial charge in [0.1, 0.15) is 0 Å². The van der Waals surface area contributed by atoms with Crippen LogP contribution in [0.2, 0.25) is 10.0 Å². The quantitative estimate of drug-likeness (QED) is 0.213. The zero-order valence-corrected chi connectivity index (χ0v) is 23.7. The zero-order chi connectivity index (χ0) is 26.5. The molecule has 0 aromatic heterocycles. The Morgan fingerprint density at radius 2 is 1.81 bits per heavy atom. The molecule has 0 aliphatic carbocycles. The molecular weight excluding hydrogens is 537 g/mol. The summed E-state index contributed by atoms with van der Waals surface area (Å²) >= 11 is 13.9.